The fourth-order valence-corrected chi connectivity index (χ4v) is 3.56. The van der Waals surface area contributed by atoms with Crippen molar-refractivity contribution in [1.29, 1.82) is 0 Å². The van der Waals surface area contributed by atoms with Crippen LogP contribution in [0.25, 0.3) is 0 Å². The van der Waals surface area contributed by atoms with Crippen molar-refractivity contribution in [3.05, 3.63) is 82.2 Å². The van der Waals surface area contributed by atoms with Crippen LogP contribution in [0.1, 0.15) is 16.3 Å². The van der Waals surface area contributed by atoms with Crippen molar-refractivity contribution in [3.63, 3.8) is 0 Å². The number of benzene rings is 2. The highest BCUT2D eigenvalue weighted by Gasteiger charge is 2.24. The van der Waals surface area contributed by atoms with Gasteiger partial charge < -0.3 is 19.0 Å². The molecule has 0 N–H and O–H groups in total. The summed E-state index contributed by atoms with van der Waals surface area (Å²) in [5.74, 6) is 1.47. The van der Waals surface area contributed by atoms with E-state index in [4.69, 9.17) is 32.4 Å². The van der Waals surface area contributed by atoms with E-state index in [2.05, 4.69) is 4.90 Å². The molecule has 1 amide bonds. The van der Waals surface area contributed by atoms with E-state index in [-0.39, 0.29) is 12.5 Å². The fourth-order valence-electron chi connectivity index (χ4n) is 3.26. The zero-order valence-corrected chi connectivity index (χ0v) is 17.2. The standard InChI is InChI=1S/C22H20Cl2N2O3/c23-16-4-6-18(7-5-16)25-10-12-26(13-11-25)22(27)21-9-8-20(29-21)15-28-19-3-1-2-17(24)14-19/h1-9,14H,10-13,15H2. The molecule has 29 heavy (non-hydrogen) atoms. The second-order valence-electron chi connectivity index (χ2n) is 6.77. The molecule has 5 nitrogen and oxygen atoms in total. The van der Waals surface area contributed by atoms with Gasteiger partial charge in [0.1, 0.15) is 18.1 Å². The van der Waals surface area contributed by atoms with Crippen LogP contribution in [-0.4, -0.2) is 37.0 Å². The number of hydrogen-bond donors (Lipinski definition) is 0. The second kappa shape index (κ2) is 8.80. The van der Waals surface area contributed by atoms with Gasteiger partial charge in [-0.3, -0.25) is 4.79 Å². The van der Waals surface area contributed by atoms with Gasteiger partial charge in [0.25, 0.3) is 5.91 Å². The Bertz CT molecular complexity index is 980. The summed E-state index contributed by atoms with van der Waals surface area (Å²) in [5.41, 5.74) is 1.11. The highest BCUT2D eigenvalue weighted by atomic mass is 35.5. The summed E-state index contributed by atoms with van der Waals surface area (Å²) in [4.78, 5) is 16.8. The van der Waals surface area contributed by atoms with Crippen molar-refractivity contribution in [3.8, 4) is 5.75 Å². The summed E-state index contributed by atoms with van der Waals surface area (Å²) in [6.07, 6.45) is 0. The Kier molecular flexibility index (Phi) is 5.97. The van der Waals surface area contributed by atoms with Crippen molar-refractivity contribution < 1.29 is 13.9 Å². The Morgan fingerprint density at radius 2 is 1.69 bits per heavy atom. The Labute approximate surface area is 179 Å². The van der Waals surface area contributed by atoms with E-state index in [1.807, 2.05) is 41.3 Å². The number of hydrogen-bond acceptors (Lipinski definition) is 4. The monoisotopic (exact) mass is 430 g/mol. The molecule has 0 bridgehead atoms. The number of ether oxygens (including phenoxy) is 1. The first-order chi connectivity index (χ1) is 14.1. The van der Waals surface area contributed by atoms with E-state index < -0.39 is 0 Å². The molecule has 0 saturated carbocycles. The average Bonchev–Trinajstić information content (AvgIpc) is 3.22. The van der Waals surface area contributed by atoms with Crippen LogP contribution in [0.4, 0.5) is 5.69 Å². The van der Waals surface area contributed by atoms with Crippen LogP contribution >= 0.6 is 23.2 Å². The number of rotatable bonds is 5. The molecule has 1 aromatic heterocycles. The minimum atomic E-state index is -0.102. The summed E-state index contributed by atoms with van der Waals surface area (Å²) in [6.45, 7) is 3.03. The van der Waals surface area contributed by atoms with Gasteiger partial charge in [0.15, 0.2) is 5.76 Å². The zero-order valence-electron chi connectivity index (χ0n) is 15.7. The number of carbonyl (C=O) groups is 1. The summed E-state index contributed by atoms with van der Waals surface area (Å²) in [7, 11) is 0. The average molecular weight is 431 g/mol. The predicted octanol–water partition coefficient (Wildman–Crippen LogP) is 5.13. The molecule has 2 aromatic carbocycles. The number of furan rings is 1. The third kappa shape index (κ3) is 4.86. The quantitative estimate of drug-likeness (QED) is 0.562. The highest BCUT2D eigenvalue weighted by Crippen LogP contribution is 2.22. The molecule has 1 aliphatic heterocycles. The molecular weight excluding hydrogens is 411 g/mol. The normalized spacial score (nSPS) is 14.1. The van der Waals surface area contributed by atoms with Gasteiger partial charge in [-0.05, 0) is 54.6 Å². The summed E-state index contributed by atoms with van der Waals surface area (Å²) in [5, 5.41) is 1.33. The minimum absolute atomic E-state index is 0.102. The number of piperazine rings is 1. The Morgan fingerprint density at radius 1 is 0.931 bits per heavy atom. The molecule has 0 atom stereocenters. The van der Waals surface area contributed by atoms with E-state index in [1.54, 1.807) is 24.3 Å². The molecule has 0 radical (unpaired) electrons. The molecule has 2 heterocycles. The second-order valence-corrected chi connectivity index (χ2v) is 7.64. The molecule has 4 rings (SSSR count). The Morgan fingerprint density at radius 3 is 2.41 bits per heavy atom. The molecule has 150 valence electrons. The maximum Gasteiger partial charge on any atom is 0.289 e. The van der Waals surface area contributed by atoms with E-state index in [0.29, 0.717) is 35.4 Å². The van der Waals surface area contributed by atoms with Crippen LogP contribution in [0.5, 0.6) is 5.75 Å². The third-order valence-electron chi connectivity index (χ3n) is 4.81. The summed E-state index contributed by atoms with van der Waals surface area (Å²) >= 11 is 11.9. The summed E-state index contributed by atoms with van der Waals surface area (Å²) < 4.78 is 11.4. The molecule has 1 aliphatic rings. The minimum Gasteiger partial charge on any atom is -0.486 e. The van der Waals surface area contributed by atoms with Crippen molar-refractivity contribution in [2.45, 2.75) is 6.61 Å². The molecule has 7 heteroatoms. The van der Waals surface area contributed by atoms with Gasteiger partial charge in [0.05, 0.1) is 0 Å². The lowest BCUT2D eigenvalue weighted by Crippen LogP contribution is -2.48. The number of halogens is 2. The van der Waals surface area contributed by atoms with Gasteiger partial charge in [0, 0.05) is 41.9 Å². The van der Waals surface area contributed by atoms with Crippen LogP contribution in [-0.2, 0) is 6.61 Å². The lowest BCUT2D eigenvalue weighted by atomic mass is 10.2. The van der Waals surface area contributed by atoms with Crippen LogP contribution in [0.2, 0.25) is 10.0 Å². The molecular formula is C22H20Cl2N2O3. The first-order valence-corrected chi connectivity index (χ1v) is 10.1. The van der Waals surface area contributed by atoms with Crippen LogP contribution in [0.3, 0.4) is 0 Å². The van der Waals surface area contributed by atoms with E-state index >= 15 is 0 Å². The van der Waals surface area contributed by atoms with Gasteiger partial charge in [-0.2, -0.15) is 0 Å². The molecule has 1 saturated heterocycles. The zero-order chi connectivity index (χ0) is 20.2. The lowest BCUT2D eigenvalue weighted by molar-refractivity contribution is 0.0710. The van der Waals surface area contributed by atoms with Crippen molar-refractivity contribution in [2.24, 2.45) is 0 Å². The largest absolute Gasteiger partial charge is 0.486 e. The number of amides is 1. The van der Waals surface area contributed by atoms with Gasteiger partial charge in [-0.15, -0.1) is 0 Å². The van der Waals surface area contributed by atoms with Crippen LogP contribution in [0, 0.1) is 0 Å². The number of carbonyl (C=O) groups excluding carboxylic acids is 1. The smallest absolute Gasteiger partial charge is 0.289 e. The van der Waals surface area contributed by atoms with E-state index in [1.165, 1.54) is 0 Å². The maximum atomic E-state index is 12.8. The number of anilines is 1. The topological polar surface area (TPSA) is 45.9 Å². The SMILES string of the molecule is O=C(c1ccc(COc2cccc(Cl)c2)o1)N1CCN(c2ccc(Cl)cc2)CC1. The van der Waals surface area contributed by atoms with Gasteiger partial charge in [-0.25, -0.2) is 0 Å². The van der Waals surface area contributed by atoms with Gasteiger partial charge in [0.2, 0.25) is 0 Å². The van der Waals surface area contributed by atoms with E-state index in [0.717, 1.165) is 23.8 Å². The predicted molar refractivity (Wildman–Crippen MR) is 114 cm³/mol. The first kappa shape index (κ1) is 19.7. The molecule has 0 spiro atoms. The number of nitrogens with zero attached hydrogens (tertiary/aromatic N) is 2. The Hall–Kier alpha value is -2.63. The van der Waals surface area contributed by atoms with Crippen molar-refractivity contribution >= 4 is 34.8 Å². The molecule has 1 fully saturated rings. The first-order valence-electron chi connectivity index (χ1n) is 9.35. The maximum absolute atomic E-state index is 12.8. The Balaban J connectivity index is 1.31. The van der Waals surface area contributed by atoms with Crippen molar-refractivity contribution in [2.75, 3.05) is 31.1 Å². The molecule has 3 aromatic rings. The van der Waals surface area contributed by atoms with E-state index in [9.17, 15) is 4.79 Å². The third-order valence-corrected chi connectivity index (χ3v) is 5.30. The van der Waals surface area contributed by atoms with Crippen LogP contribution < -0.4 is 9.64 Å². The summed E-state index contributed by atoms with van der Waals surface area (Å²) in [6, 6.07) is 18.4. The van der Waals surface area contributed by atoms with Gasteiger partial charge in [-0.1, -0.05) is 29.3 Å². The van der Waals surface area contributed by atoms with Crippen LogP contribution in [0.15, 0.2) is 65.1 Å². The fraction of sp³-hybridized carbons (Fsp3) is 0.227. The van der Waals surface area contributed by atoms with Crippen molar-refractivity contribution in [1.82, 2.24) is 4.90 Å². The molecule has 0 aliphatic carbocycles. The lowest BCUT2D eigenvalue weighted by Gasteiger charge is -2.35. The highest BCUT2D eigenvalue weighted by molar-refractivity contribution is 6.30. The van der Waals surface area contributed by atoms with Gasteiger partial charge >= 0.3 is 0 Å². The molecule has 0 unspecified atom stereocenters.